The molecule has 5 rings (SSSR count). The lowest BCUT2D eigenvalue weighted by molar-refractivity contribution is 0.174. The molecule has 0 fully saturated rings. The lowest BCUT2D eigenvalue weighted by Gasteiger charge is -2.08. The second-order valence-corrected chi connectivity index (χ2v) is 6.35. The maximum atomic E-state index is 14.3. The summed E-state index contributed by atoms with van der Waals surface area (Å²) in [4.78, 5) is 0. The maximum absolute atomic E-state index is 14.3. The summed E-state index contributed by atoms with van der Waals surface area (Å²) in [5, 5.41) is 4.59. The predicted molar refractivity (Wildman–Crippen MR) is 100 cm³/mol. The largest absolute Gasteiger partial charge is 0.454 e. The maximum Gasteiger partial charge on any atom is 0.231 e. The zero-order chi connectivity index (χ0) is 19.1. The molecule has 138 valence electrons. The Kier molecular flexibility index (Phi) is 3.83. The fraction of sp³-hybridized carbons (Fsp3) is 0.0455. The van der Waals surface area contributed by atoms with Gasteiger partial charge in [0.25, 0.3) is 0 Å². The zero-order valence-electron chi connectivity index (χ0n) is 14.6. The molecule has 0 atom stereocenters. The van der Waals surface area contributed by atoms with E-state index in [1.807, 2.05) is 48.5 Å². The van der Waals surface area contributed by atoms with Crippen LogP contribution in [0.4, 0.5) is 8.78 Å². The first-order chi connectivity index (χ1) is 13.7. The van der Waals surface area contributed by atoms with Gasteiger partial charge < -0.3 is 9.47 Å². The van der Waals surface area contributed by atoms with Crippen LogP contribution >= 0.6 is 0 Å². The molecule has 0 saturated heterocycles. The van der Waals surface area contributed by atoms with Gasteiger partial charge in [-0.25, -0.2) is 13.5 Å². The van der Waals surface area contributed by atoms with Gasteiger partial charge in [0.2, 0.25) is 6.79 Å². The van der Waals surface area contributed by atoms with E-state index in [1.54, 1.807) is 10.7 Å². The van der Waals surface area contributed by atoms with Crippen LogP contribution in [0.1, 0.15) is 0 Å². The first-order valence-electron chi connectivity index (χ1n) is 8.70. The summed E-state index contributed by atoms with van der Waals surface area (Å²) in [7, 11) is 0. The Hall–Kier alpha value is -3.67. The summed E-state index contributed by atoms with van der Waals surface area (Å²) in [6, 6.07) is 20.4. The second-order valence-electron chi connectivity index (χ2n) is 6.35. The first kappa shape index (κ1) is 16.5. The second kappa shape index (κ2) is 6.49. The monoisotopic (exact) mass is 376 g/mol. The van der Waals surface area contributed by atoms with Gasteiger partial charge in [-0.1, -0.05) is 18.2 Å². The molecular formula is C22H14F2N2O2. The van der Waals surface area contributed by atoms with E-state index in [0.717, 1.165) is 23.0 Å². The zero-order valence-corrected chi connectivity index (χ0v) is 14.6. The highest BCUT2D eigenvalue weighted by molar-refractivity contribution is 5.72. The molecule has 0 spiro atoms. The quantitative estimate of drug-likeness (QED) is 0.492. The molecule has 1 aromatic heterocycles. The highest BCUT2D eigenvalue weighted by Crippen LogP contribution is 2.37. The lowest BCUT2D eigenvalue weighted by atomic mass is 10.1. The number of ether oxygens (including phenoxy) is 2. The standard InChI is InChI=1S/C22H14F2N2O2/c23-15-7-8-17(18(24)11-15)19-12-20(26(25-19)16-4-2-1-3-5-16)14-6-9-21-22(10-14)28-13-27-21/h1-12H,13H2. The molecule has 6 heteroatoms. The number of rotatable bonds is 3. The third-order valence-electron chi connectivity index (χ3n) is 4.59. The van der Waals surface area contributed by atoms with Gasteiger partial charge in [0, 0.05) is 17.2 Å². The SMILES string of the molecule is Fc1ccc(-c2cc(-c3ccc4c(c3)OCO4)n(-c3ccccc3)n2)c(F)c1. The summed E-state index contributed by atoms with van der Waals surface area (Å²) in [5.41, 5.74) is 3.06. The molecular weight excluding hydrogens is 362 g/mol. The smallest absolute Gasteiger partial charge is 0.231 e. The summed E-state index contributed by atoms with van der Waals surface area (Å²) in [5.74, 6) is 0.0434. The van der Waals surface area contributed by atoms with Crippen LogP contribution in [-0.2, 0) is 0 Å². The molecule has 0 unspecified atom stereocenters. The average molecular weight is 376 g/mol. The van der Waals surface area contributed by atoms with Crippen molar-refractivity contribution in [2.45, 2.75) is 0 Å². The van der Waals surface area contributed by atoms with Gasteiger partial charge in [-0.15, -0.1) is 0 Å². The third-order valence-corrected chi connectivity index (χ3v) is 4.59. The van der Waals surface area contributed by atoms with Crippen LogP contribution in [0, 0.1) is 11.6 Å². The minimum atomic E-state index is -0.657. The highest BCUT2D eigenvalue weighted by atomic mass is 19.1. The Bertz CT molecular complexity index is 1170. The number of hydrogen-bond acceptors (Lipinski definition) is 3. The number of hydrogen-bond donors (Lipinski definition) is 0. The van der Waals surface area contributed by atoms with E-state index in [1.165, 1.54) is 12.1 Å². The van der Waals surface area contributed by atoms with Gasteiger partial charge >= 0.3 is 0 Å². The Morgan fingerprint density at radius 1 is 0.821 bits per heavy atom. The van der Waals surface area contributed by atoms with E-state index in [9.17, 15) is 8.78 Å². The number of benzene rings is 3. The van der Waals surface area contributed by atoms with Gasteiger partial charge in [-0.2, -0.15) is 5.10 Å². The van der Waals surface area contributed by atoms with Crippen molar-refractivity contribution < 1.29 is 18.3 Å². The fourth-order valence-electron chi connectivity index (χ4n) is 3.24. The van der Waals surface area contributed by atoms with Crippen LogP contribution in [0.15, 0.2) is 72.8 Å². The normalized spacial score (nSPS) is 12.4. The molecule has 0 amide bonds. The van der Waals surface area contributed by atoms with Crippen LogP contribution < -0.4 is 9.47 Å². The molecule has 2 heterocycles. The van der Waals surface area contributed by atoms with E-state index >= 15 is 0 Å². The van der Waals surface area contributed by atoms with Crippen LogP contribution in [0.2, 0.25) is 0 Å². The topological polar surface area (TPSA) is 36.3 Å². The summed E-state index contributed by atoms with van der Waals surface area (Å²) < 4.78 is 40.2. The van der Waals surface area contributed by atoms with Crippen molar-refractivity contribution in [1.29, 1.82) is 0 Å². The van der Waals surface area contributed by atoms with E-state index in [-0.39, 0.29) is 12.4 Å². The van der Waals surface area contributed by atoms with Crippen molar-refractivity contribution in [3.63, 3.8) is 0 Å². The van der Waals surface area contributed by atoms with Crippen LogP contribution in [0.25, 0.3) is 28.2 Å². The Morgan fingerprint density at radius 3 is 2.46 bits per heavy atom. The molecule has 0 aliphatic carbocycles. The van der Waals surface area contributed by atoms with Crippen molar-refractivity contribution >= 4 is 0 Å². The van der Waals surface area contributed by atoms with Crippen LogP contribution in [0.3, 0.4) is 0 Å². The number of nitrogens with zero attached hydrogens (tertiary/aromatic N) is 2. The predicted octanol–water partition coefficient (Wildman–Crippen LogP) is 5.21. The van der Waals surface area contributed by atoms with Crippen molar-refractivity contribution in [2.24, 2.45) is 0 Å². The van der Waals surface area contributed by atoms with Gasteiger partial charge in [0.1, 0.15) is 11.6 Å². The van der Waals surface area contributed by atoms with E-state index in [2.05, 4.69) is 5.10 Å². The van der Waals surface area contributed by atoms with Crippen LogP contribution in [0.5, 0.6) is 11.5 Å². The van der Waals surface area contributed by atoms with E-state index in [4.69, 9.17) is 9.47 Å². The molecule has 0 saturated carbocycles. The molecule has 0 bridgehead atoms. The summed E-state index contributed by atoms with van der Waals surface area (Å²) >= 11 is 0. The average Bonchev–Trinajstić information content (AvgIpc) is 3.35. The molecule has 3 aromatic carbocycles. The van der Waals surface area contributed by atoms with Gasteiger partial charge in [0.05, 0.1) is 17.1 Å². The third kappa shape index (κ3) is 2.79. The van der Waals surface area contributed by atoms with Gasteiger partial charge in [-0.3, -0.25) is 0 Å². The summed E-state index contributed by atoms with van der Waals surface area (Å²) in [6.45, 7) is 0.183. The van der Waals surface area contributed by atoms with Crippen LogP contribution in [-0.4, -0.2) is 16.6 Å². The Labute approximate surface area is 159 Å². The number of halogens is 2. The molecule has 1 aliphatic heterocycles. The fourth-order valence-corrected chi connectivity index (χ4v) is 3.24. The van der Waals surface area contributed by atoms with Crippen molar-refractivity contribution in [2.75, 3.05) is 6.79 Å². The van der Waals surface area contributed by atoms with Crippen molar-refractivity contribution in [3.8, 4) is 39.7 Å². The van der Waals surface area contributed by atoms with Gasteiger partial charge in [0.15, 0.2) is 11.5 Å². The van der Waals surface area contributed by atoms with E-state index in [0.29, 0.717) is 17.2 Å². The number of aromatic nitrogens is 2. The first-order valence-corrected chi connectivity index (χ1v) is 8.70. The Morgan fingerprint density at radius 2 is 1.64 bits per heavy atom. The minimum Gasteiger partial charge on any atom is -0.454 e. The lowest BCUT2D eigenvalue weighted by Crippen LogP contribution is -1.99. The molecule has 4 nitrogen and oxygen atoms in total. The van der Waals surface area contributed by atoms with Gasteiger partial charge in [-0.05, 0) is 48.5 Å². The molecule has 28 heavy (non-hydrogen) atoms. The molecule has 0 N–H and O–H groups in total. The van der Waals surface area contributed by atoms with Crippen molar-refractivity contribution in [3.05, 3.63) is 84.4 Å². The minimum absolute atomic E-state index is 0.183. The number of para-hydroxylation sites is 1. The molecule has 1 aliphatic rings. The molecule has 4 aromatic rings. The van der Waals surface area contributed by atoms with Crippen molar-refractivity contribution in [1.82, 2.24) is 9.78 Å². The summed E-state index contributed by atoms with van der Waals surface area (Å²) in [6.07, 6.45) is 0. The Balaban J connectivity index is 1.70. The number of fused-ring (bicyclic) bond motifs is 1. The highest BCUT2D eigenvalue weighted by Gasteiger charge is 2.19. The van der Waals surface area contributed by atoms with E-state index < -0.39 is 11.6 Å². The molecule has 0 radical (unpaired) electrons.